The van der Waals surface area contributed by atoms with Gasteiger partial charge in [-0.3, -0.25) is 4.79 Å². The van der Waals surface area contributed by atoms with E-state index in [9.17, 15) is 9.18 Å². The van der Waals surface area contributed by atoms with Crippen LogP contribution >= 0.6 is 0 Å². The summed E-state index contributed by atoms with van der Waals surface area (Å²) in [6, 6.07) is 5.88. The second-order valence-electron chi connectivity index (χ2n) is 4.45. The Hall–Kier alpha value is -2.09. The van der Waals surface area contributed by atoms with E-state index >= 15 is 0 Å². The first-order valence-electron chi connectivity index (χ1n) is 5.60. The molecule has 5 heteroatoms. The molecule has 0 aliphatic heterocycles. The molecule has 0 spiro atoms. The molecule has 0 heterocycles. The highest BCUT2D eigenvalue weighted by molar-refractivity contribution is 5.74. The number of rotatable bonds is 5. The first-order chi connectivity index (χ1) is 8.43. The maximum atomic E-state index is 13.8. The highest BCUT2D eigenvalue weighted by atomic mass is 19.1. The van der Waals surface area contributed by atoms with Gasteiger partial charge in [0, 0.05) is 6.54 Å². The minimum absolute atomic E-state index is 0.208. The number of carboxylic acids is 1. The summed E-state index contributed by atoms with van der Waals surface area (Å²) in [4.78, 5) is 12.2. The minimum atomic E-state index is -1.01. The van der Waals surface area contributed by atoms with Gasteiger partial charge in [0.2, 0.25) is 0 Å². The van der Waals surface area contributed by atoms with Crippen molar-refractivity contribution in [2.24, 2.45) is 5.92 Å². The lowest BCUT2D eigenvalue weighted by molar-refractivity contribution is -0.135. The van der Waals surface area contributed by atoms with E-state index < -0.39 is 11.8 Å². The van der Waals surface area contributed by atoms with Crippen molar-refractivity contribution in [3.63, 3.8) is 0 Å². The third-order valence-corrected chi connectivity index (χ3v) is 2.33. The highest BCUT2D eigenvalue weighted by Crippen LogP contribution is 2.21. The van der Waals surface area contributed by atoms with Gasteiger partial charge in [0.1, 0.15) is 12.4 Å². The van der Waals surface area contributed by atoms with Crippen LogP contribution in [0, 0.1) is 23.1 Å². The van der Waals surface area contributed by atoms with Gasteiger partial charge in [0.05, 0.1) is 17.3 Å². The Bertz CT molecular complexity index is 480. The number of hydrogen-bond donors (Lipinski definition) is 1. The predicted molar refractivity (Wildman–Crippen MR) is 65.8 cm³/mol. The molecule has 0 radical (unpaired) electrons. The molecule has 18 heavy (non-hydrogen) atoms. The van der Waals surface area contributed by atoms with Crippen molar-refractivity contribution in [3.8, 4) is 6.07 Å². The molecule has 1 N–H and O–H groups in total. The van der Waals surface area contributed by atoms with E-state index in [0.29, 0.717) is 6.54 Å². The van der Waals surface area contributed by atoms with Crippen LogP contribution in [0.2, 0.25) is 0 Å². The van der Waals surface area contributed by atoms with Crippen LogP contribution in [0.25, 0.3) is 0 Å². The normalized spacial score (nSPS) is 10.2. The molecular formula is C13H15FN2O2. The fraction of sp³-hybridized carbons (Fsp3) is 0.385. The maximum Gasteiger partial charge on any atom is 0.323 e. The number of carboxylic acid groups (broad SMARTS) is 1. The van der Waals surface area contributed by atoms with Crippen molar-refractivity contribution in [1.29, 1.82) is 5.26 Å². The molecule has 1 aromatic carbocycles. The van der Waals surface area contributed by atoms with E-state index in [4.69, 9.17) is 10.4 Å². The van der Waals surface area contributed by atoms with Crippen molar-refractivity contribution < 1.29 is 14.3 Å². The van der Waals surface area contributed by atoms with E-state index in [1.807, 2.05) is 19.9 Å². The summed E-state index contributed by atoms with van der Waals surface area (Å²) >= 11 is 0. The number of benzene rings is 1. The summed E-state index contributed by atoms with van der Waals surface area (Å²) in [7, 11) is 0. The van der Waals surface area contributed by atoms with Gasteiger partial charge in [-0.05, 0) is 24.1 Å². The topological polar surface area (TPSA) is 64.3 Å². The van der Waals surface area contributed by atoms with E-state index in [1.54, 1.807) is 0 Å². The molecule has 0 aliphatic rings. The van der Waals surface area contributed by atoms with Crippen molar-refractivity contribution in [1.82, 2.24) is 0 Å². The van der Waals surface area contributed by atoms with E-state index in [2.05, 4.69) is 0 Å². The van der Waals surface area contributed by atoms with Crippen LogP contribution in [0.1, 0.15) is 19.4 Å². The van der Waals surface area contributed by atoms with Crippen molar-refractivity contribution in [2.75, 3.05) is 18.0 Å². The molecular weight excluding hydrogens is 235 g/mol. The molecule has 1 aromatic rings. The molecule has 0 saturated heterocycles. The van der Waals surface area contributed by atoms with E-state index in [0.717, 1.165) is 6.07 Å². The third kappa shape index (κ3) is 3.74. The van der Waals surface area contributed by atoms with Crippen LogP contribution in [0.15, 0.2) is 18.2 Å². The summed E-state index contributed by atoms with van der Waals surface area (Å²) in [6.07, 6.45) is 0. The molecule has 0 saturated carbocycles. The van der Waals surface area contributed by atoms with Crippen LogP contribution in [-0.2, 0) is 4.79 Å². The monoisotopic (exact) mass is 250 g/mol. The zero-order valence-corrected chi connectivity index (χ0v) is 10.4. The standard InChI is InChI=1S/C13H15FN2O2/c1-9(2)7-16(8-13(17)18)12-4-3-10(6-15)5-11(12)14/h3-5,9H,7-8H2,1-2H3,(H,17,18). The second-order valence-corrected chi connectivity index (χ2v) is 4.45. The Labute approximate surface area is 105 Å². The number of carbonyl (C=O) groups is 1. The molecule has 0 aromatic heterocycles. The number of nitriles is 1. The lowest BCUT2D eigenvalue weighted by atomic mass is 10.1. The number of aliphatic carboxylic acids is 1. The van der Waals surface area contributed by atoms with Gasteiger partial charge in [-0.2, -0.15) is 5.26 Å². The van der Waals surface area contributed by atoms with Crippen LogP contribution in [0.3, 0.4) is 0 Å². The zero-order valence-electron chi connectivity index (χ0n) is 10.4. The fourth-order valence-electron chi connectivity index (χ4n) is 1.69. The first-order valence-corrected chi connectivity index (χ1v) is 5.60. The molecule has 0 amide bonds. The van der Waals surface area contributed by atoms with Gasteiger partial charge in [0.15, 0.2) is 0 Å². The summed E-state index contributed by atoms with van der Waals surface area (Å²) in [5, 5.41) is 17.5. The van der Waals surface area contributed by atoms with Crippen LogP contribution in [-0.4, -0.2) is 24.2 Å². The van der Waals surface area contributed by atoms with Crippen molar-refractivity contribution in [2.45, 2.75) is 13.8 Å². The van der Waals surface area contributed by atoms with E-state index in [1.165, 1.54) is 17.0 Å². The Kier molecular flexibility index (Phi) is 4.67. The zero-order chi connectivity index (χ0) is 13.7. The van der Waals surface area contributed by atoms with Crippen molar-refractivity contribution in [3.05, 3.63) is 29.6 Å². The quantitative estimate of drug-likeness (QED) is 0.870. The van der Waals surface area contributed by atoms with Crippen molar-refractivity contribution >= 4 is 11.7 Å². The van der Waals surface area contributed by atoms with Gasteiger partial charge in [0.25, 0.3) is 0 Å². The number of hydrogen-bond acceptors (Lipinski definition) is 3. The third-order valence-electron chi connectivity index (χ3n) is 2.33. The molecule has 0 fully saturated rings. The second kappa shape index (κ2) is 6.01. The average Bonchev–Trinajstić information content (AvgIpc) is 2.26. The first kappa shape index (κ1) is 14.0. The van der Waals surface area contributed by atoms with Gasteiger partial charge < -0.3 is 10.0 Å². The van der Waals surface area contributed by atoms with Crippen LogP contribution in [0.4, 0.5) is 10.1 Å². The molecule has 96 valence electrons. The number of halogens is 1. The smallest absolute Gasteiger partial charge is 0.323 e. The Balaban J connectivity index is 3.05. The van der Waals surface area contributed by atoms with Gasteiger partial charge >= 0.3 is 5.97 Å². The lowest BCUT2D eigenvalue weighted by Crippen LogP contribution is -2.33. The number of nitrogens with zero attached hydrogens (tertiary/aromatic N) is 2. The maximum absolute atomic E-state index is 13.8. The Morgan fingerprint density at radius 3 is 2.67 bits per heavy atom. The summed E-state index contributed by atoms with van der Waals surface area (Å²) < 4.78 is 13.8. The highest BCUT2D eigenvalue weighted by Gasteiger charge is 2.16. The van der Waals surface area contributed by atoms with Gasteiger partial charge in [-0.15, -0.1) is 0 Å². The molecule has 4 nitrogen and oxygen atoms in total. The fourth-order valence-corrected chi connectivity index (χ4v) is 1.69. The largest absolute Gasteiger partial charge is 0.480 e. The summed E-state index contributed by atoms with van der Waals surface area (Å²) in [5.41, 5.74) is 0.432. The summed E-state index contributed by atoms with van der Waals surface area (Å²) in [6.45, 7) is 4.03. The minimum Gasteiger partial charge on any atom is -0.480 e. The van der Waals surface area contributed by atoms with Crippen LogP contribution in [0.5, 0.6) is 0 Å². The lowest BCUT2D eigenvalue weighted by Gasteiger charge is -2.25. The number of anilines is 1. The Morgan fingerprint density at radius 1 is 1.56 bits per heavy atom. The molecule has 0 aliphatic carbocycles. The Morgan fingerprint density at radius 2 is 2.22 bits per heavy atom. The molecule has 0 atom stereocenters. The van der Waals surface area contributed by atoms with Gasteiger partial charge in [-0.1, -0.05) is 13.8 Å². The SMILES string of the molecule is CC(C)CN(CC(=O)O)c1ccc(C#N)cc1F. The molecule has 0 bridgehead atoms. The molecule has 1 rings (SSSR count). The molecule has 0 unspecified atom stereocenters. The summed E-state index contributed by atoms with van der Waals surface area (Å²) in [5.74, 6) is -1.38. The average molecular weight is 250 g/mol. The van der Waals surface area contributed by atoms with Crippen LogP contribution < -0.4 is 4.90 Å². The predicted octanol–water partition coefficient (Wildman–Crippen LogP) is 2.24. The van der Waals surface area contributed by atoms with E-state index in [-0.39, 0.29) is 23.7 Å². The van der Waals surface area contributed by atoms with Gasteiger partial charge in [-0.25, -0.2) is 4.39 Å².